The number of aryl methyl sites for hydroxylation is 1. The van der Waals surface area contributed by atoms with Gasteiger partial charge in [-0.05, 0) is 25.5 Å². The minimum absolute atomic E-state index is 1.22. The Kier molecular flexibility index (Phi) is 1.83. The molecule has 0 saturated carbocycles. The van der Waals surface area contributed by atoms with Gasteiger partial charge in [-0.15, -0.1) is 0 Å². The lowest BCUT2D eigenvalue weighted by atomic mass is 10.2. The summed E-state index contributed by atoms with van der Waals surface area (Å²) in [5.41, 5.74) is 2.49. The van der Waals surface area contributed by atoms with E-state index in [1.165, 1.54) is 16.5 Å². The van der Waals surface area contributed by atoms with Gasteiger partial charge in [0.15, 0.2) is 0 Å². The molecule has 1 aromatic heterocycles. The van der Waals surface area contributed by atoms with Gasteiger partial charge in [0.2, 0.25) is 0 Å². The molecule has 0 fully saturated rings. The molecule has 0 amide bonds. The van der Waals surface area contributed by atoms with Gasteiger partial charge in [0, 0.05) is 17.6 Å². The number of nitrogens with zero attached hydrogens (tertiary/aromatic N) is 1. The van der Waals surface area contributed by atoms with E-state index in [1.807, 2.05) is 17.7 Å². The van der Waals surface area contributed by atoms with Crippen molar-refractivity contribution in [2.75, 3.05) is 0 Å². The number of aromatic nitrogens is 1. The maximum absolute atomic E-state index is 3.04. The largest absolute Gasteiger partial charge is 0.276 e. The average molecular weight is 169 g/mol. The van der Waals surface area contributed by atoms with E-state index in [2.05, 4.69) is 43.2 Å². The van der Waals surface area contributed by atoms with Gasteiger partial charge in [-0.1, -0.05) is 24.1 Å². The van der Waals surface area contributed by atoms with Crippen LogP contribution in [-0.2, 0) is 0 Å². The van der Waals surface area contributed by atoms with Crippen LogP contribution in [0.3, 0.4) is 0 Å². The second-order valence-electron chi connectivity index (χ2n) is 3.06. The number of hydrogen-bond donors (Lipinski definition) is 0. The molecule has 1 aromatic carbocycles. The van der Waals surface area contributed by atoms with E-state index in [0.29, 0.717) is 0 Å². The van der Waals surface area contributed by atoms with Crippen molar-refractivity contribution in [2.45, 2.75) is 13.8 Å². The van der Waals surface area contributed by atoms with Crippen molar-refractivity contribution < 1.29 is 0 Å². The quantitative estimate of drug-likeness (QED) is 0.534. The van der Waals surface area contributed by atoms with E-state index in [4.69, 9.17) is 0 Å². The van der Waals surface area contributed by atoms with Gasteiger partial charge in [0.05, 0.1) is 5.52 Å². The molecule has 0 aliphatic heterocycles. The smallest absolute Gasteiger partial charge is 0.0640 e. The maximum Gasteiger partial charge on any atom is 0.0640 e. The molecule has 64 valence electrons. The monoisotopic (exact) mass is 169 g/mol. The Hall–Kier alpha value is -1.68. The molecule has 0 unspecified atom stereocenters. The van der Waals surface area contributed by atoms with Gasteiger partial charge in [-0.2, -0.15) is 0 Å². The van der Waals surface area contributed by atoms with Crippen LogP contribution < -0.4 is 0 Å². The Labute approximate surface area is 78.0 Å². The van der Waals surface area contributed by atoms with Gasteiger partial charge < -0.3 is 0 Å². The molecule has 1 heterocycles. The lowest BCUT2D eigenvalue weighted by Gasteiger charge is -1.98. The van der Waals surface area contributed by atoms with Crippen LogP contribution in [0.15, 0.2) is 30.5 Å². The summed E-state index contributed by atoms with van der Waals surface area (Å²) in [7, 11) is 0. The maximum atomic E-state index is 3.04. The summed E-state index contributed by atoms with van der Waals surface area (Å²) in [6.07, 6.45) is 2.01. The van der Waals surface area contributed by atoms with Crippen LogP contribution in [0.1, 0.15) is 12.5 Å². The number of rotatable bonds is 0. The normalized spacial score (nSPS) is 9.69. The first-order valence-electron chi connectivity index (χ1n) is 4.32. The Morgan fingerprint density at radius 3 is 2.85 bits per heavy atom. The Morgan fingerprint density at radius 1 is 1.23 bits per heavy atom. The molecule has 0 N–H and O–H groups in total. The third kappa shape index (κ3) is 1.21. The van der Waals surface area contributed by atoms with Gasteiger partial charge in [-0.25, -0.2) is 0 Å². The van der Waals surface area contributed by atoms with Crippen molar-refractivity contribution in [1.29, 1.82) is 0 Å². The van der Waals surface area contributed by atoms with Crippen LogP contribution in [0.4, 0.5) is 0 Å². The molecule has 0 atom stereocenters. The summed E-state index contributed by atoms with van der Waals surface area (Å²) in [6, 6.07) is 11.4. The van der Waals surface area contributed by atoms with Gasteiger partial charge in [0.1, 0.15) is 0 Å². The number of hydrogen-bond acceptors (Lipinski definition) is 0. The Balaban J connectivity index is 2.83. The van der Waals surface area contributed by atoms with Crippen molar-refractivity contribution in [2.24, 2.45) is 0 Å². The van der Waals surface area contributed by atoms with E-state index in [0.717, 1.165) is 0 Å². The third-order valence-corrected chi connectivity index (χ3v) is 2.15. The highest BCUT2D eigenvalue weighted by molar-refractivity contribution is 5.84. The molecular weight excluding hydrogens is 158 g/mol. The molecule has 0 radical (unpaired) electrons. The SMILES string of the molecule is CC#Cn1ccc2cccc(C)c21. The average Bonchev–Trinajstić information content (AvgIpc) is 2.51. The van der Waals surface area contributed by atoms with E-state index in [-0.39, 0.29) is 0 Å². The molecule has 13 heavy (non-hydrogen) atoms. The summed E-state index contributed by atoms with van der Waals surface area (Å²) in [5, 5.41) is 1.25. The minimum Gasteiger partial charge on any atom is -0.276 e. The fourth-order valence-corrected chi connectivity index (χ4v) is 1.59. The molecule has 1 nitrogen and oxygen atoms in total. The lowest BCUT2D eigenvalue weighted by molar-refractivity contribution is 1.18. The van der Waals surface area contributed by atoms with Crippen LogP contribution in [-0.4, -0.2) is 4.57 Å². The van der Waals surface area contributed by atoms with Gasteiger partial charge >= 0.3 is 0 Å². The zero-order chi connectivity index (χ0) is 9.26. The number of para-hydroxylation sites is 1. The van der Waals surface area contributed by atoms with Crippen molar-refractivity contribution in [3.05, 3.63) is 36.0 Å². The highest BCUT2D eigenvalue weighted by atomic mass is 14.9. The fourth-order valence-electron chi connectivity index (χ4n) is 1.59. The van der Waals surface area contributed by atoms with Crippen molar-refractivity contribution in [3.63, 3.8) is 0 Å². The second-order valence-corrected chi connectivity index (χ2v) is 3.06. The summed E-state index contributed by atoms with van der Waals surface area (Å²) in [4.78, 5) is 0. The molecule has 0 spiro atoms. The molecule has 0 bridgehead atoms. The molecule has 2 rings (SSSR count). The standard InChI is InChI=1S/C12H11N/c1-3-8-13-9-7-11-6-4-5-10(2)12(11)13/h4-7,9H,1-2H3. The van der Waals surface area contributed by atoms with Gasteiger partial charge in [-0.3, -0.25) is 4.57 Å². The molecule has 0 aliphatic rings. The van der Waals surface area contributed by atoms with Crippen LogP contribution in [0.5, 0.6) is 0 Å². The predicted octanol–water partition coefficient (Wildman–Crippen LogP) is 2.78. The molecule has 1 heteroatoms. The zero-order valence-corrected chi connectivity index (χ0v) is 7.83. The Bertz CT molecular complexity index is 495. The van der Waals surface area contributed by atoms with E-state index >= 15 is 0 Å². The lowest BCUT2D eigenvalue weighted by Crippen LogP contribution is -1.87. The summed E-state index contributed by atoms with van der Waals surface area (Å²) in [5.74, 6) is 2.90. The fraction of sp³-hybridized carbons (Fsp3) is 0.167. The summed E-state index contributed by atoms with van der Waals surface area (Å²) in [6.45, 7) is 3.96. The highest BCUT2D eigenvalue weighted by Crippen LogP contribution is 2.18. The molecule has 0 aliphatic carbocycles. The van der Waals surface area contributed by atoms with Crippen LogP contribution in [0.25, 0.3) is 10.9 Å². The highest BCUT2D eigenvalue weighted by Gasteiger charge is 2.00. The zero-order valence-electron chi connectivity index (χ0n) is 7.83. The predicted molar refractivity (Wildman–Crippen MR) is 55.5 cm³/mol. The first-order valence-corrected chi connectivity index (χ1v) is 4.32. The van der Waals surface area contributed by atoms with Crippen LogP contribution in [0.2, 0.25) is 0 Å². The van der Waals surface area contributed by atoms with E-state index in [9.17, 15) is 0 Å². The molecule has 0 saturated heterocycles. The van der Waals surface area contributed by atoms with Crippen molar-refractivity contribution in [3.8, 4) is 12.0 Å². The molecule has 2 aromatic rings. The first-order chi connectivity index (χ1) is 6.33. The summed E-state index contributed by atoms with van der Waals surface area (Å²) < 4.78 is 1.98. The van der Waals surface area contributed by atoms with Gasteiger partial charge in [0.25, 0.3) is 0 Å². The molecular formula is C12H11N. The van der Waals surface area contributed by atoms with Crippen LogP contribution in [0, 0.1) is 18.9 Å². The van der Waals surface area contributed by atoms with Crippen LogP contribution >= 0.6 is 0 Å². The minimum atomic E-state index is 1.22. The van der Waals surface area contributed by atoms with Crippen molar-refractivity contribution >= 4 is 10.9 Å². The van der Waals surface area contributed by atoms with Crippen molar-refractivity contribution in [1.82, 2.24) is 4.57 Å². The second kappa shape index (κ2) is 2.99. The first kappa shape index (κ1) is 7.94. The topological polar surface area (TPSA) is 4.93 Å². The Morgan fingerprint density at radius 2 is 2.08 bits per heavy atom. The van der Waals surface area contributed by atoms with E-state index in [1.54, 1.807) is 0 Å². The number of benzene rings is 1. The number of fused-ring (bicyclic) bond motifs is 1. The van der Waals surface area contributed by atoms with E-state index < -0.39 is 0 Å². The third-order valence-electron chi connectivity index (χ3n) is 2.15. The summed E-state index contributed by atoms with van der Waals surface area (Å²) >= 11 is 0.